The van der Waals surface area contributed by atoms with Crippen LogP contribution in [0.2, 0.25) is 0 Å². The van der Waals surface area contributed by atoms with Gasteiger partial charge >= 0.3 is 5.97 Å². The van der Waals surface area contributed by atoms with E-state index in [4.69, 9.17) is 11.8 Å². The zero-order valence-electron chi connectivity index (χ0n) is 8.83. The number of piperidine rings is 1. The predicted octanol–water partition coefficient (Wildman–Crippen LogP) is 2.05. The summed E-state index contributed by atoms with van der Waals surface area (Å²) < 4.78 is 6.51. The first-order valence-electron chi connectivity index (χ1n) is 5.14. The maximum Gasteiger partial charge on any atom is 0.305 e. The van der Waals surface area contributed by atoms with Gasteiger partial charge in [0.1, 0.15) is 0 Å². The van der Waals surface area contributed by atoms with Crippen molar-refractivity contribution in [2.24, 2.45) is 11.8 Å². The number of rotatable bonds is 3. The van der Waals surface area contributed by atoms with Gasteiger partial charge < -0.3 is 4.74 Å². The van der Waals surface area contributed by atoms with Crippen molar-refractivity contribution < 1.29 is 9.53 Å². The largest absolute Gasteiger partial charge is 0.469 e. The third kappa shape index (κ3) is 3.14. The quantitative estimate of drug-likeness (QED) is 0.538. The molecule has 1 rings (SSSR count). The highest BCUT2D eigenvalue weighted by Gasteiger charge is 2.29. The zero-order valence-corrected chi connectivity index (χ0v) is 9.59. The Bertz CT molecular complexity index is 199. The van der Waals surface area contributed by atoms with Crippen LogP contribution in [-0.2, 0) is 9.53 Å². The van der Waals surface area contributed by atoms with Gasteiger partial charge in [0.05, 0.1) is 7.11 Å². The van der Waals surface area contributed by atoms with Gasteiger partial charge in [0, 0.05) is 19.5 Å². The Kier molecular flexibility index (Phi) is 4.69. The van der Waals surface area contributed by atoms with Crippen molar-refractivity contribution in [2.45, 2.75) is 26.2 Å². The number of carbonyl (C=O) groups is 1. The molecule has 0 radical (unpaired) electrons. The fraction of sp³-hybridized carbons (Fsp3) is 0.900. The number of methoxy groups -OCH3 is 1. The summed E-state index contributed by atoms with van der Waals surface area (Å²) in [7, 11) is 1.44. The average molecular weight is 220 g/mol. The van der Waals surface area contributed by atoms with Gasteiger partial charge in [0.15, 0.2) is 0 Å². The maximum atomic E-state index is 11.2. The minimum atomic E-state index is -0.100. The molecule has 1 saturated heterocycles. The molecule has 0 aromatic heterocycles. The smallest absolute Gasteiger partial charge is 0.305 e. The van der Waals surface area contributed by atoms with Crippen molar-refractivity contribution in [1.29, 1.82) is 0 Å². The van der Waals surface area contributed by atoms with Gasteiger partial charge in [-0.25, -0.2) is 4.42 Å². The van der Waals surface area contributed by atoms with Crippen LogP contribution in [-0.4, -0.2) is 30.6 Å². The van der Waals surface area contributed by atoms with Crippen LogP contribution in [0.25, 0.3) is 0 Å². The van der Waals surface area contributed by atoms with E-state index in [-0.39, 0.29) is 5.97 Å². The maximum absolute atomic E-state index is 11.2. The normalized spacial score (nSPS) is 28.8. The summed E-state index contributed by atoms with van der Waals surface area (Å²) in [6, 6.07) is 0. The fourth-order valence-electron chi connectivity index (χ4n) is 2.06. The molecule has 0 spiro atoms. The first kappa shape index (κ1) is 11.8. The molecule has 4 heteroatoms. The molecule has 1 aliphatic rings. The predicted molar refractivity (Wildman–Crippen MR) is 55.9 cm³/mol. The molecule has 14 heavy (non-hydrogen) atoms. The molecule has 0 N–H and O–H groups in total. The molecule has 1 aliphatic heterocycles. The second-order valence-corrected chi connectivity index (χ2v) is 4.34. The van der Waals surface area contributed by atoms with Gasteiger partial charge in [-0.15, -0.1) is 0 Å². The molecule has 0 unspecified atom stereocenters. The van der Waals surface area contributed by atoms with E-state index >= 15 is 0 Å². The molecule has 0 bridgehead atoms. The van der Waals surface area contributed by atoms with Crippen LogP contribution in [0.5, 0.6) is 0 Å². The number of esters is 1. The summed E-state index contributed by atoms with van der Waals surface area (Å²) in [5.41, 5.74) is 0. The van der Waals surface area contributed by atoms with Gasteiger partial charge in [-0.1, -0.05) is 13.3 Å². The van der Waals surface area contributed by atoms with Crippen LogP contribution < -0.4 is 0 Å². The molecule has 1 heterocycles. The monoisotopic (exact) mass is 219 g/mol. The lowest BCUT2D eigenvalue weighted by Crippen LogP contribution is -2.36. The number of hydrogen-bond acceptors (Lipinski definition) is 3. The number of halogens is 1. The average Bonchev–Trinajstić information content (AvgIpc) is 2.20. The minimum Gasteiger partial charge on any atom is -0.469 e. The van der Waals surface area contributed by atoms with Crippen molar-refractivity contribution in [3.63, 3.8) is 0 Å². The lowest BCUT2D eigenvalue weighted by Gasteiger charge is -2.34. The second kappa shape index (κ2) is 5.56. The van der Waals surface area contributed by atoms with Gasteiger partial charge in [-0.2, -0.15) is 0 Å². The Balaban J connectivity index is 2.45. The molecule has 2 atom stereocenters. The summed E-state index contributed by atoms with van der Waals surface area (Å²) >= 11 is 5.94. The standard InChI is InChI=1S/C10H18ClNO2/c1-3-8-7-12(11)5-4-9(8)6-10(13)14-2/h8-9H,3-7H2,1-2H3/t8-,9-/m1/s1. The van der Waals surface area contributed by atoms with E-state index in [1.54, 1.807) is 0 Å². The van der Waals surface area contributed by atoms with Crippen molar-refractivity contribution in [1.82, 2.24) is 4.42 Å². The van der Waals surface area contributed by atoms with Gasteiger partial charge in [-0.05, 0) is 30.0 Å². The summed E-state index contributed by atoms with van der Waals surface area (Å²) in [5.74, 6) is 0.874. The Morgan fingerprint density at radius 1 is 1.57 bits per heavy atom. The van der Waals surface area contributed by atoms with Crippen molar-refractivity contribution in [3.8, 4) is 0 Å². The van der Waals surface area contributed by atoms with Crippen LogP contribution in [0.4, 0.5) is 0 Å². The van der Waals surface area contributed by atoms with E-state index in [2.05, 4.69) is 11.7 Å². The van der Waals surface area contributed by atoms with E-state index < -0.39 is 0 Å². The molecule has 0 saturated carbocycles. The van der Waals surface area contributed by atoms with Gasteiger partial charge in [0.2, 0.25) is 0 Å². The molecule has 3 nitrogen and oxygen atoms in total. The van der Waals surface area contributed by atoms with Crippen LogP contribution in [0.1, 0.15) is 26.2 Å². The Morgan fingerprint density at radius 3 is 2.86 bits per heavy atom. The summed E-state index contributed by atoms with van der Waals surface area (Å²) in [5, 5.41) is 0. The topological polar surface area (TPSA) is 29.5 Å². The van der Waals surface area contributed by atoms with E-state index in [9.17, 15) is 4.79 Å². The number of nitrogens with zero attached hydrogens (tertiary/aromatic N) is 1. The van der Waals surface area contributed by atoms with Crippen molar-refractivity contribution >= 4 is 17.7 Å². The van der Waals surface area contributed by atoms with Crippen LogP contribution in [0.3, 0.4) is 0 Å². The van der Waals surface area contributed by atoms with Gasteiger partial charge in [0.25, 0.3) is 0 Å². The number of ether oxygens (including phenoxy) is 1. The lowest BCUT2D eigenvalue weighted by atomic mass is 9.82. The molecule has 0 amide bonds. The number of hydrogen-bond donors (Lipinski definition) is 0. The van der Waals surface area contributed by atoms with Crippen LogP contribution in [0, 0.1) is 11.8 Å². The molecule has 82 valence electrons. The lowest BCUT2D eigenvalue weighted by molar-refractivity contribution is -0.142. The SMILES string of the molecule is CC[C@@H]1CN(Cl)CC[C@@H]1CC(=O)OC. The first-order valence-corrected chi connectivity index (χ1v) is 5.48. The minimum absolute atomic E-state index is 0.100. The Hall–Kier alpha value is -0.280. The summed E-state index contributed by atoms with van der Waals surface area (Å²) in [4.78, 5) is 11.2. The van der Waals surface area contributed by atoms with E-state index in [0.29, 0.717) is 18.3 Å². The number of carbonyl (C=O) groups excluding carboxylic acids is 1. The van der Waals surface area contributed by atoms with Gasteiger partial charge in [-0.3, -0.25) is 4.79 Å². The highest BCUT2D eigenvalue weighted by molar-refractivity contribution is 6.13. The third-order valence-corrected chi connectivity index (χ3v) is 3.33. The van der Waals surface area contributed by atoms with E-state index in [0.717, 1.165) is 25.9 Å². The fourth-order valence-corrected chi connectivity index (χ4v) is 2.34. The highest BCUT2D eigenvalue weighted by atomic mass is 35.5. The summed E-state index contributed by atoms with van der Waals surface area (Å²) in [6.07, 6.45) is 2.61. The zero-order chi connectivity index (χ0) is 10.6. The van der Waals surface area contributed by atoms with E-state index in [1.165, 1.54) is 7.11 Å². The van der Waals surface area contributed by atoms with Crippen LogP contribution >= 0.6 is 11.8 Å². The van der Waals surface area contributed by atoms with Crippen LogP contribution in [0.15, 0.2) is 0 Å². The van der Waals surface area contributed by atoms with Crippen molar-refractivity contribution in [3.05, 3.63) is 0 Å². The molecule has 0 aromatic carbocycles. The highest BCUT2D eigenvalue weighted by Crippen LogP contribution is 2.29. The molecular weight excluding hydrogens is 202 g/mol. The summed E-state index contributed by atoms with van der Waals surface area (Å²) in [6.45, 7) is 3.91. The molecule has 0 aliphatic carbocycles. The second-order valence-electron chi connectivity index (χ2n) is 3.87. The Labute approximate surface area is 90.5 Å². The van der Waals surface area contributed by atoms with Crippen molar-refractivity contribution in [2.75, 3.05) is 20.2 Å². The molecule has 0 aromatic rings. The first-order chi connectivity index (χ1) is 6.67. The Morgan fingerprint density at radius 2 is 2.29 bits per heavy atom. The molecule has 1 fully saturated rings. The molecular formula is C10H18ClNO2. The third-order valence-electron chi connectivity index (χ3n) is 3.02. The van der Waals surface area contributed by atoms with E-state index in [1.807, 2.05) is 4.42 Å².